The lowest BCUT2D eigenvalue weighted by atomic mass is 10.1. The van der Waals surface area contributed by atoms with Gasteiger partial charge in [-0.05, 0) is 31.2 Å². The lowest BCUT2D eigenvalue weighted by Gasteiger charge is -2.07. The van der Waals surface area contributed by atoms with Gasteiger partial charge in [-0.2, -0.15) is 0 Å². The fraction of sp³-hybridized carbons (Fsp3) is 0.300. The molecule has 0 bridgehead atoms. The van der Waals surface area contributed by atoms with Crippen molar-refractivity contribution >= 4 is 51.1 Å². The largest absolute Gasteiger partial charge is 0.468 e. The molecule has 0 atom stereocenters. The number of methoxy groups -OCH3 is 1. The van der Waals surface area contributed by atoms with Crippen LogP contribution in [-0.4, -0.2) is 35.1 Å². The van der Waals surface area contributed by atoms with E-state index in [0.717, 1.165) is 17.6 Å². The van der Waals surface area contributed by atoms with Crippen molar-refractivity contribution in [3.05, 3.63) is 42.5 Å². The number of anilines is 1. The van der Waals surface area contributed by atoms with Crippen molar-refractivity contribution in [3.8, 4) is 0 Å². The SMILES string of the molecule is CCn1c2ccccc2c2cc(NC(=O)CCSCC(=O)OC)ccc21. The first kappa shape index (κ1) is 18.3. The van der Waals surface area contributed by atoms with Crippen LogP contribution in [0, 0.1) is 0 Å². The third-order valence-electron chi connectivity index (χ3n) is 4.29. The molecule has 0 radical (unpaired) electrons. The number of rotatable bonds is 7. The van der Waals surface area contributed by atoms with E-state index >= 15 is 0 Å². The van der Waals surface area contributed by atoms with E-state index in [9.17, 15) is 9.59 Å². The number of aromatic nitrogens is 1. The third-order valence-corrected chi connectivity index (χ3v) is 5.23. The first-order valence-electron chi connectivity index (χ1n) is 8.59. The number of hydrogen-bond donors (Lipinski definition) is 1. The summed E-state index contributed by atoms with van der Waals surface area (Å²) < 4.78 is 6.86. The minimum Gasteiger partial charge on any atom is -0.468 e. The van der Waals surface area contributed by atoms with Gasteiger partial charge >= 0.3 is 5.97 Å². The quantitative estimate of drug-likeness (QED) is 0.503. The molecule has 1 heterocycles. The molecule has 0 saturated heterocycles. The molecule has 2 aromatic carbocycles. The summed E-state index contributed by atoms with van der Waals surface area (Å²) >= 11 is 1.40. The van der Waals surface area contributed by atoms with Gasteiger partial charge in [-0.25, -0.2) is 0 Å². The van der Waals surface area contributed by atoms with Gasteiger partial charge in [0.2, 0.25) is 5.91 Å². The zero-order chi connectivity index (χ0) is 18.5. The van der Waals surface area contributed by atoms with Crippen molar-refractivity contribution < 1.29 is 14.3 Å². The zero-order valence-electron chi connectivity index (χ0n) is 15.0. The van der Waals surface area contributed by atoms with Gasteiger partial charge in [0.25, 0.3) is 0 Å². The van der Waals surface area contributed by atoms with Crippen LogP contribution in [0.15, 0.2) is 42.5 Å². The van der Waals surface area contributed by atoms with Crippen molar-refractivity contribution in [1.82, 2.24) is 4.57 Å². The Balaban J connectivity index is 1.72. The maximum absolute atomic E-state index is 12.1. The van der Waals surface area contributed by atoms with Crippen LogP contribution in [0.3, 0.4) is 0 Å². The predicted molar refractivity (Wildman–Crippen MR) is 108 cm³/mol. The Morgan fingerprint density at radius 1 is 1.12 bits per heavy atom. The number of nitrogens with zero attached hydrogens (tertiary/aromatic N) is 1. The number of esters is 1. The molecule has 0 aliphatic rings. The summed E-state index contributed by atoms with van der Waals surface area (Å²) in [7, 11) is 1.36. The monoisotopic (exact) mass is 370 g/mol. The Bertz CT molecular complexity index is 949. The molecule has 0 spiro atoms. The van der Waals surface area contributed by atoms with E-state index in [0.29, 0.717) is 12.2 Å². The molecule has 3 rings (SSSR count). The normalized spacial score (nSPS) is 11.0. The molecule has 0 aliphatic carbocycles. The molecule has 136 valence electrons. The molecule has 0 fully saturated rings. The first-order chi connectivity index (χ1) is 12.6. The van der Waals surface area contributed by atoms with Crippen LogP contribution in [0.1, 0.15) is 13.3 Å². The fourth-order valence-electron chi connectivity index (χ4n) is 3.07. The number of carbonyl (C=O) groups excluding carboxylic acids is 2. The second-order valence-corrected chi connectivity index (χ2v) is 7.03. The summed E-state index contributed by atoms with van der Waals surface area (Å²) in [5.41, 5.74) is 3.16. The fourth-order valence-corrected chi connectivity index (χ4v) is 3.83. The average molecular weight is 370 g/mol. The molecule has 0 aliphatic heterocycles. The van der Waals surface area contributed by atoms with E-state index in [1.54, 1.807) is 0 Å². The lowest BCUT2D eigenvalue weighted by molar-refractivity contribution is -0.137. The van der Waals surface area contributed by atoms with E-state index in [-0.39, 0.29) is 17.6 Å². The van der Waals surface area contributed by atoms with Crippen molar-refractivity contribution in [2.24, 2.45) is 0 Å². The summed E-state index contributed by atoms with van der Waals surface area (Å²) in [6, 6.07) is 14.3. The highest BCUT2D eigenvalue weighted by Crippen LogP contribution is 2.31. The number of nitrogens with one attached hydrogen (secondary N) is 1. The Labute approximate surface area is 156 Å². The van der Waals surface area contributed by atoms with Crippen LogP contribution in [0.25, 0.3) is 21.8 Å². The summed E-state index contributed by atoms with van der Waals surface area (Å²) in [5, 5.41) is 5.28. The van der Waals surface area contributed by atoms with E-state index < -0.39 is 0 Å². The van der Waals surface area contributed by atoms with E-state index in [4.69, 9.17) is 0 Å². The summed E-state index contributed by atoms with van der Waals surface area (Å²) in [4.78, 5) is 23.2. The molecule has 6 heteroatoms. The number of fused-ring (bicyclic) bond motifs is 3. The van der Waals surface area contributed by atoms with E-state index in [1.807, 2.05) is 24.3 Å². The topological polar surface area (TPSA) is 60.3 Å². The van der Waals surface area contributed by atoms with Crippen molar-refractivity contribution in [2.75, 3.05) is 23.9 Å². The summed E-state index contributed by atoms with van der Waals surface area (Å²) in [6.07, 6.45) is 0.358. The van der Waals surface area contributed by atoms with Crippen LogP contribution < -0.4 is 5.32 Å². The molecule has 26 heavy (non-hydrogen) atoms. The molecule has 0 unspecified atom stereocenters. The van der Waals surface area contributed by atoms with Crippen LogP contribution in [0.2, 0.25) is 0 Å². The second kappa shape index (κ2) is 8.27. The minimum atomic E-state index is -0.270. The highest BCUT2D eigenvalue weighted by Gasteiger charge is 2.11. The highest BCUT2D eigenvalue weighted by molar-refractivity contribution is 7.99. The van der Waals surface area contributed by atoms with E-state index in [1.165, 1.54) is 35.3 Å². The lowest BCUT2D eigenvalue weighted by Crippen LogP contribution is -2.13. The number of aryl methyl sites for hydroxylation is 1. The number of carbonyl (C=O) groups is 2. The van der Waals surface area contributed by atoms with Gasteiger partial charge in [-0.1, -0.05) is 18.2 Å². The molecular weight excluding hydrogens is 348 g/mol. The van der Waals surface area contributed by atoms with Crippen LogP contribution in [-0.2, 0) is 20.9 Å². The molecule has 0 saturated carbocycles. The summed E-state index contributed by atoms with van der Waals surface area (Å²) in [5.74, 6) is 0.527. The van der Waals surface area contributed by atoms with Crippen LogP contribution in [0.5, 0.6) is 0 Å². The molecular formula is C20H22N2O3S. The number of amides is 1. The minimum absolute atomic E-state index is 0.0547. The maximum Gasteiger partial charge on any atom is 0.315 e. The number of hydrogen-bond acceptors (Lipinski definition) is 4. The Kier molecular flexibility index (Phi) is 5.83. The maximum atomic E-state index is 12.1. The van der Waals surface area contributed by atoms with Crippen molar-refractivity contribution in [2.45, 2.75) is 19.9 Å². The van der Waals surface area contributed by atoms with Gasteiger partial charge in [0.15, 0.2) is 0 Å². The van der Waals surface area contributed by atoms with Gasteiger partial charge in [0.1, 0.15) is 0 Å². The zero-order valence-corrected chi connectivity index (χ0v) is 15.8. The number of ether oxygens (including phenoxy) is 1. The summed E-state index contributed by atoms with van der Waals surface area (Å²) in [6.45, 7) is 3.03. The average Bonchev–Trinajstić information content (AvgIpc) is 2.98. The first-order valence-corrected chi connectivity index (χ1v) is 9.75. The molecule has 5 nitrogen and oxygen atoms in total. The van der Waals surface area contributed by atoms with Crippen molar-refractivity contribution in [1.29, 1.82) is 0 Å². The third kappa shape index (κ3) is 3.85. The standard InChI is InChI=1S/C20H22N2O3S/c1-3-22-17-7-5-4-6-15(17)16-12-14(8-9-18(16)22)21-19(23)10-11-26-13-20(24)25-2/h4-9,12H,3,10-11,13H2,1-2H3,(H,21,23). The van der Waals surface area contributed by atoms with Gasteiger partial charge < -0.3 is 14.6 Å². The van der Waals surface area contributed by atoms with Crippen LogP contribution in [0.4, 0.5) is 5.69 Å². The Morgan fingerprint density at radius 3 is 2.65 bits per heavy atom. The van der Waals surface area contributed by atoms with Crippen LogP contribution >= 0.6 is 11.8 Å². The Morgan fingerprint density at radius 2 is 1.88 bits per heavy atom. The molecule has 1 aromatic heterocycles. The van der Waals surface area contributed by atoms with E-state index in [2.05, 4.69) is 39.7 Å². The smallest absolute Gasteiger partial charge is 0.315 e. The highest BCUT2D eigenvalue weighted by atomic mass is 32.2. The second-order valence-electron chi connectivity index (χ2n) is 5.92. The molecule has 1 amide bonds. The van der Waals surface area contributed by atoms with Gasteiger partial charge in [-0.3, -0.25) is 9.59 Å². The van der Waals surface area contributed by atoms with Crippen molar-refractivity contribution in [3.63, 3.8) is 0 Å². The molecule has 1 N–H and O–H groups in total. The van der Waals surface area contributed by atoms with Gasteiger partial charge in [0, 0.05) is 46.2 Å². The van der Waals surface area contributed by atoms with Gasteiger partial charge in [-0.15, -0.1) is 11.8 Å². The predicted octanol–water partition coefficient (Wildman–Crippen LogP) is 4.05. The number of thioether (sulfide) groups is 1. The Hall–Kier alpha value is -2.47. The number of benzene rings is 2. The van der Waals surface area contributed by atoms with Gasteiger partial charge in [0.05, 0.1) is 12.9 Å². The molecule has 3 aromatic rings. The number of para-hydroxylation sites is 1.